The van der Waals surface area contributed by atoms with Crippen molar-refractivity contribution in [2.75, 3.05) is 0 Å². The molecule has 1 aromatic rings. The van der Waals surface area contributed by atoms with E-state index >= 15 is 0 Å². The van der Waals surface area contributed by atoms with Crippen molar-refractivity contribution < 1.29 is 0 Å². The molecule has 1 heterocycles. The van der Waals surface area contributed by atoms with Crippen LogP contribution in [0, 0.1) is 0 Å². The normalized spacial score (nSPS) is 25.5. The van der Waals surface area contributed by atoms with Gasteiger partial charge in [-0.1, -0.05) is 6.92 Å². The number of nitrogens with two attached hydrogens (primary N) is 1. The van der Waals surface area contributed by atoms with Gasteiger partial charge in [-0.3, -0.25) is 4.68 Å². The Balaban J connectivity index is 2.19. The molecule has 0 bridgehead atoms. The zero-order valence-corrected chi connectivity index (χ0v) is 11.3. The van der Waals surface area contributed by atoms with E-state index in [9.17, 15) is 0 Å². The van der Waals surface area contributed by atoms with Crippen LogP contribution in [-0.4, -0.2) is 15.8 Å². The Labute approximate surface area is 104 Å². The molecule has 0 saturated heterocycles. The maximum atomic E-state index is 5.97. The molecule has 3 heteroatoms. The summed E-state index contributed by atoms with van der Waals surface area (Å²) in [4.78, 5) is 0. The largest absolute Gasteiger partial charge is 0.328 e. The van der Waals surface area contributed by atoms with E-state index in [1.807, 2.05) is 0 Å². The zero-order chi connectivity index (χ0) is 12.4. The van der Waals surface area contributed by atoms with Crippen molar-refractivity contribution in [3.63, 3.8) is 0 Å². The minimum absolute atomic E-state index is 0.420. The molecule has 3 nitrogen and oxygen atoms in total. The van der Waals surface area contributed by atoms with E-state index in [2.05, 4.69) is 31.6 Å². The second-order valence-corrected chi connectivity index (χ2v) is 5.58. The number of aryl methyl sites for hydroxylation is 1. The van der Waals surface area contributed by atoms with E-state index < -0.39 is 0 Å². The lowest BCUT2D eigenvalue weighted by molar-refractivity contribution is 0.384. The molecule has 0 amide bonds. The Bertz CT molecular complexity index is 360. The summed E-state index contributed by atoms with van der Waals surface area (Å²) in [6, 6.07) is 0.878. The van der Waals surface area contributed by atoms with Crippen LogP contribution in [0.25, 0.3) is 0 Å². The van der Waals surface area contributed by atoms with Gasteiger partial charge in [-0.25, -0.2) is 0 Å². The van der Waals surface area contributed by atoms with Crippen molar-refractivity contribution in [3.05, 3.63) is 17.5 Å². The minimum Gasteiger partial charge on any atom is -0.328 e. The highest BCUT2D eigenvalue weighted by Gasteiger charge is 2.24. The fraction of sp³-hybridized carbons (Fsp3) is 0.786. The number of aromatic nitrogens is 2. The minimum atomic E-state index is 0.420. The van der Waals surface area contributed by atoms with E-state index in [-0.39, 0.29) is 0 Å². The second kappa shape index (κ2) is 5.21. The standard InChI is InChI=1S/C14H25N3/c1-4-11-9-17(10(2)3)16-14(11)12-5-7-13(15)8-6-12/h9-10,12-13H,4-8,15H2,1-3H3. The van der Waals surface area contributed by atoms with Crippen LogP contribution >= 0.6 is 0 Å². The quantitative estimate of drug-likeness (QED) is 0.875. The van der Waals surface area contributed by atoms with E-state index in [1.54, 1.807) is 0 Å². The molecule has 1 aliphatic carbocycles. The Kier molecular flexibility index (Phi) is 3.87. The van der Waals surface area contributed by atoms with Crippen LogP contribution in [0.5, 0.6) is 0 Å². The van der Waals surface area contributed by atoms with Crippen LogP contribution in [0.1, 0.15) is 69.7 Å². The van der Waals surface area contributed by atoms with Gasteiger partial charge in [0.15, 0.2) is 0 Å². The molecule has 2 rings (SSSR count). The third-order valence-corrected chi connectivity index (χ3v) is 3.91. The van der Waals surface area contributed by atoms with Crippen LogP contribution in [0.15, 0.2) is 6.20 Å². The summed E-state index contributed by atoms with van der Waals surface area (Å²) in [6.07, 6.45) is 8.05. The van der Waals surface area contributed by atoms with Gasteiger partial charge in [0, 0.05) is 24.2 Å². The summed E-state index contributed by atoms with van der Waals surface area (Å²) in [7, 11) is 0. The number of nitrogens with zero attached hydrogens (tertiary/aromatic N) is 2. The first-order valence-corrected chi connectivity index (χ1v) is 6.95. The lowest BCUT2D eigenvalue weighted by Crippen LogP contribution is -2.26. The fourth-order valence-corrected chi connectivity index (χ4v) is 2.72. The monoisotopic (exact) mass is 235 g/mol. The average molecular weight is 235 g/mol. The number of rotatable bonds is 3. The Morgan fingerprint density at radius 2 is 2.00 bits per heavy atom. The molecular weight excluding hydrogens is 210 g/mol. The van der Waals surface area contributed by atoms with Crippen LogP contribution < -0.4 is 5.73 Å². The van der Waals surface area contributed by atoms with Crippen molar-refractivity contribution in [3.8, 4) is 0 Å². The molecule has 1 aromatic heterocycles. The molecule has 0 unspecified atom stereocenters. The third kappa shape index (κ3) is 2.71. The molecule has 0 radical (unpaired) electrons. The molecule has 0 atom stereocenters. The van der Waals surface area contributed by atoms with E-state index in [0.717, 1.165) is 19.3 Å². The molecule has 0 spiro atoms. The molecular formula is C14H25N3. The van der Waals surface area contributed by atoms with Crippen molar-refractivity contribution in [2.24, 2.45) is 5.73 Å². The first-order chi connectivity index (χ1) is 8.11. The van der Waals surface area contributed by atoms with Crippen molar-refractivity contribution in [1.82, 2.24) is 9.78 Å². The number of hydrogen-bond donors (Lipinski definition) is 1. The van der Waals surface area contributed by atoms with Crippen LogP contribution in [0.2, 0.25) is 0 Å². The highest BCUT2D eigenvalue weighted by atomic mass is 15.3. The number of hydrogen-bond acceptors (Lipinski definition) is 2. The summed E-state index contributed by atoms with van der Waals surface area (Å²) in [5.41, 5.74) is 8.74. The van der Waals surface area contributed by atoms with Crippen LogP contribution in [0.3, 0.4) is 0 Å². The van der Waals surface area contributed by atoms with Gasteiger partial charge < -0.3 is 5.73 Å². The smallest absolute Gasteiger partial charge is 0.0687 e. The Morgan fingerprint density at radius 3 is 2.53 bits per heavy atom. The van der Waals surface area contributed by atoms with Crippen LogP contribution in [0.4, 0.5) is 0 Å². The first-order valence-electron chi connectivity index (χ1n) is 6.95. The summed E-state index contributed by atoms with van der Waals surface area (Å²) in [5.74, 6) is 0.643. The molecule has 0 aromatic carbocycles. The van der Waals surface area contributed by atoms with Crippen molar-refractivity contribution in [1.29, 1.82) is 0 Å². The van der Waals surface area contributed by atoms with Gasteiger partial charge in [-0.15, -0.1) is 0 Å². The SMILES string of the molecule is CCc1cn(C(C)C)nc1C1CCC(N)CC1. The predicted molar refractivity (Wildman–Crippen MR) is 71.2 cm³/mol. The van der Waals surface area contributed by atoms with Gasteiger partial charge in [0.25, 0.3) is 0 Å². The molecule has 96 valence electrons. The Morgan fingerprint density at radius 1 is 1.35 bits per heavy atom. The first kappa shape index (κ1) is 12.6. The molecule has 0 aliphatic heterocycles. The Hall–Kier alpha value is -0.830. The van der Waals surface area contributed by atoms with Gasteiger partial charge in [-0.05, 0) is 51.5 Å². The highest BCUT2D eigenvalue weighted by Crippen LogP contribution is 2.33. The summed E-state index contributed by atoms with van der Waals surface area (Å²) < 4.78 is 2.11. The van der Waals surface area contributed by atoms with Gasteiger partial charge in [-0.2, -0.15) is 5.10 Å². The third-order valence-electron chi connectivity index (χ3n) is 3.91. The molecule has 2 N–H and O–H groups in total. The maximum absolute atomic E-state index is 5.97. The van der Waals surface area contributed by atoms with Crippen molar-refractivity contribution in [2.45, 2.75) is 70.9 Å². The summed E-state index contributed by atoms with van der Waals surface area (Å²) in [5, 5.41) is 4.81. The van der Waals surface area contributed by atoms with Gasteiger partial charge in [0.1, 0.15) is 0 Å². The zero-order valence-electron chi connectivity index (χ0n) is 11.3. The van der Waals surface area contributed by atoms with Crippen LogP contribution in [-0.2, 0) is 6.42 Å². The summed E-state index contributed by atoms with van der Waals surface area (Å²) >= 11 is 0. The molecule has 1 aliphatic rings. The highest BCUT2D eigenvalue weighted by molar-refractivity contribution is 5.22. The topological polar surface area (TPSA) is 43.8 Å². The van der Waals surface area contributed by atoms with Gasteiger partial charge >= 0.3 is 0 Å². The van der Waals surface area contributed by atoms with E-state index in [4.69, 9.17) is 10.8 Å². The maximum Gasteiger partial charge on any atom is 0.0687 e. The molecule has 1 saturated carbocycles. The second-order valence-electron chi connectivity index (χ2n) is 5.58. The van der Waals surface area contributed by atoms with E-state index in [1.165, 1.54) is 24.1 Å². The fourth-order valence-electron chi connectivity index (χ4n) is 2.72. The van der Waals surface area contributed by atoms with Gasteiger partial charge in [0.2, 0.25) is 0 Å². The molecule has 17 heavy (non-hydrogen) atoms. The predicted octanol–water partition coefficient (Wildman–Crippen LogP) is 3.01. The lowest BCUT2D eigenvalue weighted by atomic mass is 9.83. The molecule has 1 fully saturated rings. The summed E-state index contributed by atoms with van der Waals surface area (Å²) in [6.45, 7) is 6.60. The van der Waals surface area contributed by atoms with Crippen molar-refractivity contribution >= 4 is 0 Å². The average Bonchev–Trinajstić information content (AvgIpc) is 2.74. The van der Waals surface area contributed by atoms with E-state index in [0.29, 0.717) is 18.0 Å². The lowest BCUT2D eigenvalue weighted by Gasteiger charge is -2.25. The van der Waals surface area contributed by atoms with Gasteiger partial charge in [0.05, 0.1) is 5.69 Å².